The Bertz CT molecular complexity index is 239. The van der Waals surface area contributed by atoms with Gasteiger partial charge in [-0.1, -0.05) is 0 Å². The molecular weight excluding hydrogens is 188 g/mol. The van der Waals surface area contributed by atoms with Crippen molar-refractivity contribution in [3.05, 3.63) is 0 Å². The van der Waals surface area contributed by atoms with Gasteiger partial charge in [-0.3, -0.25) is 9.69 Å². The fraction of sp³-hybridized carbons (Fsp3) is 0.750. The number of nitrogens with zero attached hydrogens (tertiary/aromatic N) is 2. The number of likely N-dealkylation sites (N-methyl/N-ethyl adjacent to an activating group) is 1. The van der Waals surface area contributed by atoms with E-state index in [0.717, 1.165) is 4.90 Å². The Hall–Kier alpha value is -1.14. The van der Waals surface area contributed by atoms with E-state index in [9.17, 15) is 9.59 Å². The zero-order chi connectivity index (χ0) is 10.7. The van der Waals surface area contributed by atoms with Crippen molar-refractivity contribution in [2.45, 2.75) is 0 Å². The van der Waals surface area contributed by atoms with Crippen LogP contribution in [0.4, 0.5) is 4.79 Å². The smallest absolute Gasteiger partial charge is 0.326 e. The van der Waals surface area contributed by atoms with E-state index in [1.807, 2.05) is 0 Å². The molecule has 1 fully saturated rings. The summed E-state index contributed by atoms with van der Waals surface area (Å²) in [6.45, 7) is -0.327. The molecule has 14 heavy (non-hydrogen) atoms. The van der Waals surface area contributed by atoms with E-state index in [4.69, 9.17) is 10.2 Å². The van der Waals surface area contributed by atoms with Crippen molar-refractivity contribution in [1.29, 1.82) is 0 Å². The monoisotopic (exact) mass is 202 g/mol. The van der Waals surface area contributed by atoms with Gasteiger partial charge in [-0.15, -0.1) is 0 Å². The summed E-state index contributed by atoms with van der Waals surface area (Å²) in [7, 11) is 1.53. The molecule has 1 rings (SSSR count). The number of aliphatic hydroxyl groups is 2. The predicted octanol–water partition coefficient (Wildman–Crippen LogP) is -1.52. The summed E-state index contributed by atoms with van der Waals surface area (Å²) in [6, 6.07) is -0.373. The molecule has 1 aliphatic heterocycles. The summed E-state index contributed by atoms with van der Waals surface area (Å²) in [6.07, 6.45) is 0. The molecule has 3 amide bonds. The molecule has 0 aromatic carbocycles. The third-order valence-electron chi connectivity index (χ3n) is 2.19. The lowest BCUT2D eigenvalue weighted by atomic mass is 10.1. The molecule has 0 aromatic rings. The number of imide groups is 1. The lowest BCUT2D eigenvalue weighted by molar-refractivity contribution is -0.125. The third kappa shape index (κ3) is 2.02. The van der Waals surface area contributed by atoms with Gasteiger partial charge in [-0.25, -0.2) is 4.79 Å². The number of amides is 3. The Morgan fingerprint density at radius 2 is 1.93 bits per heavy atom. The van der Waals surface area contributed by atoms with Crippen LogP contribution in [0.25, 0.3) is 0 Å². The molecule has 80 valence electrons. The quantitative estimate of drug-likeness (QED) is 0.542. The number of aliphatic hydroxyl groups excluding tert-OH is 2. The lowest BCUT2D eigenvalue weighted by Crippen LogP contribution is -2.37. The first-order valence-corrected chi connectivity index (χ1v) is 4.37. The molecule has 1 heterocycles. The van der Waals surface area contributed by atoms with Crippen molar-refractivity contribution in [3.63, 3.8) is 0 Å². The topological polar surface area (TPSA) is 81.1 Å². The Morgan fingerprint density at radius 3 is 2.29 bits per heavy atom. The predicted molar refractivity (Wildman–Crippen MR) is 47.4 cm³/mol. The van der Waals surface area contributed by atoms with E-state index in [1.165, 1.54) is 11.9 Å². The maximum Gasteiger partial charge on any atom is 0.326 e. The molecule has 0 aromatic heterocycles. The molecule has 1 saturated heterocycles. The van der Waals surface area contributed by atoms with Gasteiger partial charge in [0.2, 0.25) is 5.91 Å². The van der Waals surface area contributed by atoms with E-state index in [2.05, 4.69) is 0 Å². The van der Waals surface area contributed by atoms with Gasteiger partial charge in [0.1, 0.15) is 6.54 Å². The minimum atomic E-state index is -0.450. The van der Waals surface area contributed by atoms with Gasteiger partial charge in [0.15, 0.2) is 0 Å². The van der Waals surface area contributed by atoms with Crippen LogP contribution in [0.3, 0.4) is 0 Å². The number of rotatable bonds is 4. The molecule has 0 bridgehead atoms. The maximum absolute atomic E-state index is 11.4. The molecule has 6 nitrogen and oxygen atoms in total. The number of hydrogen-bond acceptors (Lipinski definition) is 4. The van der Waals surface area contributed by atoms with Gasteiger partial charge in [0, 0.05) is 32.7 Å². The zero-order valence-corrected chi connectivity index (χ0v) is 8.01. The first kappa shape index (κ1) is 10.9. The Morgan fingerprint density at radius 1 is 1.36 bits per heavy atom. The van der Waals surface area contributed by atoms with Gasteiger partial charge in [0.25, 0.3) is 0 Å². The number of hydrogen-bond donors (Lipinski definition) is 2. The Kier molecular flexibility index (Phi) is 3.43. The lowest BCUT2D eigenvalue weighted by Gasteiger charge is -2.18. The largest absolute Gasteiger partial charge is 0.396 e. The summed E-state index contributed by atoms with van der Waals surface area (Å²) in [4.78, 5) is 25.0. The molecule has 0 radical (unpaired) electrons. The SMILES string of the molecule is CN1CC(=O)N(CC(CO)CO)C1=O. The van der Waals surface area contributed by atoms with Crippen LogP contribution in [-0.4, -0.2) is 65.3 Å². The van der Waals surface area contributed by atoms with Crippen LogP contribution in [0, 0.1) is 5.92 Å². The van der Waals surface area contributed by atoms with E-state index in [0.29, 0.717) is 0 Å². The van der Waals surface area contributed by atoms with Crippen LogP contribution in [0.1, 0.15) is 0 Å². The summed E-state index contributed by atoms with van der Waals surface area (Å²) < 4.78 is 0. The van der Waals surface area contributed by atoms with E-state index >= 15 is 0 Å². The van der Waals surface area contributed by atoms with Crippen molar-refractivity contribution < 1.29 is 19.8 Å². The highest BCUT2D eigenvalue weighted by Gasteiger charge is 2.34. The first-order valence-electron chi connectivity index (χ1n) is 4.37. The second-order valence-corrected chi connectivity index (χ2v) is 3.37. The molecule has 0 aliphatic carbocycles. The van der Waals surface area contributed by atoms with E-state index < -0.39 is 5.92 Å². The number of carbonyl (C=O) groups is 2. The van der Waals surface area contributed by atoms with Gasteiger partial charge in [-0.05, 0) is 0 Å². The normalized spacial score (nSPS) is 17.4. The van der Waals surface area contributed by atoms with Gasteiger partial charge in [0.05, 0.1) is 0 Å². The fourth-order valence-corrected chi connectivity index (χ4v) is 1.28. The molecule has 2 N–H and O–H groups in total. The molecule has 0 unspecified atom stereocenters. The highest BCUT2D eigenvalue weighted by Crippen LogP contribution is 2.10. The molecule has 0 atom stereocenters. The Labute approximate surface area is 81.7 Å². The van der Waals surface area contributed by atoms with Crippen molar-refractivity contribution in [1.82, 2.24) is 9.80 Å². The maximum atomic E-state index is 11.4. The van der Waals surface area contributed by atoms with Gasteiger partial charge < -0.3 is 15.1 Å². The average Bonchev–Trinajstić information content (AvgIpc) is 2.40. The summed E-state index contributed by atoms with van der Waals surface area (Å²) >= 11 is 0. The molecule has 0 spiro atoms. The third-order valence-corrected chi connectivity index (χ3v) is 2.19. The van der Waals surface area contributed by atoms with Crippen LogP contribution >= 0.6 is 0 Å². The van der Waals surface area contributed by atoms with Crippen LogP contribution in [0.15, 0.2) is 0 Å². The molecule has 6 heteroatoms. The van der Waals surface area contributed by atoms with Crippen molar-refractivity contribution >= 4 is 11.9 Å². The average molecular weight is 202 g/mol. The molecule has 0 saturated carbocycles. The standard InChI is InChI=1S/C8H14N2O4/c1-9-3-7(13)10(8(9)14)2-6(4-11)5-12/h6,11-12H,2-5H2,1H3. The number of carbonyl (C=O) groups excluding carboxylic acids is 2. The van der Waals surface area contributed by atoms with E-state index in [-0.39, 0.29) is 38.2 Å². The summed E-state index contributed by atoms with van der Waals surface area (Å²) in [5, 5.41) is 17.6. The summed E-state index contributed by atoms with van der Waals surface area (Å²) in [5.74, 6) is -0.737. The van der Waals surface area contributed by atoms with Crippen molar-refractivity contribution in [3.8, 4) is 0 Å². The highest BCUT2D eigenvalue weighted by molar-refractivity contribution is 6.01. The van der Waals surface area contributed by atoms with E-state index in [1.54, 1.807) is 0 Å². The van der Waals surface area contributed by atoms with Crippen molar-refractivity contribution in [2.24, 2.45) is 5.92 Å². The van der Waals surface area contributed by atoms with Crippen LogP contribution in [-0.2, 0) is 4.79 Å². The van der Waals surface area contributed by atoms with Crippen LogP contribution in [0.2, 0.25) is 0 Å². The molecule has 1 aliphatic rings. The minimum Gasteiger partial charge on any atom is -0.396 e. The minimum absolute atomic E-state index is 0.0718. The van der Waals surface area contributed by atoms with Crippen molar-refractivity contribution in [2.75, 3.05) is 33.4 Å². The van der Waals surface area contributed by atoms with Crippen LogP contribution < -0.4 is 0 Å². The zero-order valence-electron chi connectivity index (χ0n) is 8.01. The van der Waals surface area contributed by atoms with Gasteiger partial charge in [-0.2, -0.15) is 0 Å². The van der Waals surface area contributed by atoms with Crippen LogP contribution in [0.5, 0.6) is 0 Å². The summed E-state index contributed by atoms with van der Waals surface area (Å²) in [5.41, 5.74) is 0. The molecular formula is C8H14N2O4. The van der Waals surface area contributed by atoms with Gasteiger partial charge >= 0.3 is 6.03 Å². The first-order chi connectivity index (χ1) is 6.60. The second kappa shape index (κ2) is 4.39. The Balaban J connectivity index is 2.59. The number of urea groups is 1. The second-order valence-electron chi connectivity index (χ2n) is 3.37. The fourth-order valence-electron chi connectivity index (χ4n) is 1.28. The highest BCUT2D eigenvalue weighted by atomic mass is 16.3.